The van der Waals surface area contributed by atoms with E-state index in [-0.39, 0.29) is 5.82 Å². The second kappa shape index (κ2) is 6.10. The average molecular weight is 287 g/mol. The molecule has 3 rings (SSSR count). The molecule has 0 unspecified atom stereocenters. The smallest absolute Gasteiger partial charge is 0.147 e. The summed E-state index contributed by atoms with van der Waals surface area (Å²) in [6, 6.07) is 10.2. The quantitative estimate of drug-likeness (QED) is 0.814. The molecule has 1 fully saturated rings. The number of likely N-dealkylation sites (N-methyl/N-ethyl adjacent to an activating group) is 1. The van der Waals surface area contributed by atoms with Crippen LogP contribution < -0.4 is 0 Å². The Kier molecular flexibility index (Phi) is 4.01. The van der Waals surface area contributed by atoms with Crippen molar-refractivity contribution in [3.8, 4) is 11.3 Å². The number of nitrogens with zero attached hydrogens (tertiary/aromatic N) is 3. The van der Waals surface area contributed by atoms with Gasteiger partial charge in [-0.1, -0.05) is 12.1 Å². The minimum atomic E-state index is -0.283. The van der Waals surface area contributed by atoms with Crippen molar-refractivity contribution in [3.05, 3.63) is 48.0 Å². The van der Waals surface area contributed by atoms with Gasteiger partial charge in [0.05, 0.1) is 11.8 Å². The maximum Gasteiger partial charge on any atom is 0.147 e. The average Bonchev–Trinajstić information content (AvgIpc) is 2.96. The van der Waals surface area contributed by atoms with E-state index in [9.17, 15) is 4.39 Å². The van der Waals surface area contributed by atoms with E-state index in [4.69, 9.17) is 4.42 Å². The summed E-state index contributed by atoms with van der Waals surface area (Å²) in [4.78, 5) is 2.27. The number of piperazine rings is 1. The van der Waals surface area contributed by atoms with Crippen LogP contribution >= 0.6 is 0 Å². The van der Waals surface area contributed by atoms with Crippen molar-refractivity contribution in [3.63, 3.8) is 0 Å². The lowest BCUT2D eigenvalue weighted by molar-refractivity contribution is 0.159. The highest BCUT2D eigenvalue weighted by Crippen LogP contribution is 2.24. The van der Waals surface area contributed by atoms with Gasteiger partial charge in [-0.05, 0) is 31.3 Å². The van der Waals surface area contributed by atoms with Gasteiger partial charge in [0.2, 0.25) is 0 Å². The van der Waals surface area contributed by atoms with Crippen molar-refractivity contribution in [1.82, 2.24) is 9.91 Å². The van der Waals surface area contributed by atoms with E-state index in [0.29, 0.717) is 17.1 Å². The van der Waals surface area contributed by atoms with E-state index in [1.165, 1.54) is 6.07 Å². The molecule has 0 spiro atoms. The number of hydrogen-bond donors (Lipinski definition) is 0. The van der Waals surface area contributed by atoms with E-state index < -0.39 is 0 Å². The van der Waals surface area contributed by atoms with Crippen LogP contribution in [0.4, 0.5) is 4.39 Å². The Labute approximate surface area is 123 Å². The molecule has 0 N–H and O–H groups in total. The topological polar surface area (TPSA) is 32.0 Å². The second-order valence-corrected chi connectivity index (χ2v) is 5.18. The molecule has 0 atom stereocenters. The Morgan fingerprint density at radius 3 is 2.62 bits per heavy atom. The van der Waals surface area contributed by atoms with Gasteiger partial charge in [0.15, 0.2) is 0 Å². The summed E-state index contributed by atoms with van der Waals surface area (Å²) in [6.45, 7) is 3.84. The van der Waals surface area contributed by atoms with Crippen molar-refractivity contribution in [2.75, 3.05) is 33.2 Å². The molecular weight excluding hydrogens is 269 g/mol. The van der Waals surface area contributed by atoms with Crippen molar-refractivity contribution >= 4 is 6.21 Å². The first-order valence-electron chi connectivity index (χ1n) is 7.04. The van der Waals surface area contributed by atoms with Crippen LogP contribution in [0.25, 0.3) is 11.3 Å². The maximum atomic E-state index is 13.7. The predicted molar refractivity (Wildman–Crippen MR) is 80.8 cm³/mol. The van der Waals surface area contributed by atoms with Crippen molar-refractivity contribution in [2.45, 2.75) is 0 Å². The summed E-state index contributed by atoms with van der Waals surface area (Å²) >= 11 is 0. The molecule has 1 aliphatic rings. The minimum Gasteiger partial charge on any atom is -0.455 e. The normalized spacial score (nSPS) is 16.8. The van der Waals surface area contributed by atoms with Gasteiger partial charge >= 0.3 is 0 Å². The van der Waals surface area contributed by atoms with Crippen molar-refractivity contribution in [1.29, 1.82) is 0 Å². The van der Waals surface area contributed by atoms with Crippen LogP contribution in [0.15, 0.2) is 45.9 Å². The van der Waals surface area contributed by atoms with E-state index in [2.05, 4.69) is 17.0 Å². The Morgan fingerprint density at radius 2 is 1.86 bits per heavy atom. The van der Waals surface area contributed by atoms with E-state index in [1.807, 2.05) is 5.01 Å². The van der Waals surface area contributed by atoms with Gasteiger partial charge < -0.3 is 9.32 Å². The molecule has 5 heteroatoms. The van der Waals surface area contributed by atoms with Crippen LogP contribution in [0.5, 0.6) is 0 Å². The Balaban J connectivity index is 1.69. The summed E-state index contributed by atoms with van der Waals surface area (Å²) in [5, 5.41) is 6.43. The van der Waals surface area contributed by atoms with Gasteiger partial charge in [-0.3, -0.25) is 5.01 Å². The summed E-state index contributed by atoms with van der Waals surface area (Å²) in [5.41, 5.74) is 0.469. The summed E-state index contributed by atoms with van der Waals surface area (Å²) in [6.07, 6.45) is 1.69. The number of benzene rings is 1. The second-order valence-electron chi connectivity index (χ2n) is 5.18. The highest BCUT2D eigenvalue weighted by molar-refractivity contribution is 5.77. The number of halogens is 1. The van der Waals surface area contributed by atoms with Crippen LogP contribution in [-0.2, 0) is 0 Å². The molecule has 21 heavy (non-hydrogen) atoms. The highest BCUT2D eigenvalue weighted by Gasteiger charge is 2.12. The van der Waals surface area contributed by atoms with Gasteiger partial charge in [-0.25, -0.2) is 4.39 Å². The molecular formula is C16H18FN3O. The molecule has 0 saturated carbocycles. The summed E-state index contributed by atoms with van der Waals surface area (Å²) < 4.78 is 19.3. The molecule has 110 valence electrons. The largest absolute Gasteiger partial charge is 0.455 e. The lowest BCUT2D eigenvalue weighted by Crippen LogP contribution is -2.41. The molecule has 1 saturated heterocycles. The monoisotopic (exact) mass is 287 g/mol. The molecule has 2 heterocycles. The maximum absolute atomic E-state index is 13.7. The molecule has 1 aromatic carbocycles. The molecule has 1 aliphatic heterocycles. The Bertz CT molecular complexity index is 630. The fourth-order valence-corrected chi connectivity index (χ4v) is 2.28. The van der Waals surface area contributed by atoms with E-state index in [1.54, 1.807) is 36.5 Å². The first kappa shape index (κ1) is 13.8. The lowest BCUT2D eigenvalue weighted by atomic mass is 10.1. The van der Waals surface area contributed by atoms with Gasteiger partial charge in [0.25, 0.3) is 0 Å². The third-order valence-electron chi connectivity index (χ3n) is 3.59. The van der Waals surface area contributed by atoms with Crippen LogP contribution in [0, 0.1) is 5.82 Å². The van der Waals surface area contributed by atoms with Crippen LogP contribution in [0.3, 0.4) is 0 Å². The van der Waals surface area contributed by atoms with Crippen LogP contribution in [0.2, 0.25) is 0 Å². The predicted octanol–water partition coefficient (Wildman–Crippen LogP) is 2.67. The standard InChI is InChI=1S/C16H18FN3O/c1-19-8-10-20(11-9-19)18-12-13-6-7-16(21-13)14-4-2-3-5-15(14)17/h2-7,12H,8-11H2,1H3/b18-12-. The third-order valence-corrected chi connectivity index (χ3v) is 3.59. The van der Waals surface area contributed by atoms with Gasteiger partial charge in [0, 0.05) is 26.2 Å². The first-order valence-corrected chi connectivity index (χ1v) is 7.04. The zero-order valence-electron chi connectivity index (χ0n) is 12.0. The number of furan rings is 1. The SMILES string of the molecule is CN1CCN(/N=C\c2ccc(-c3ccccc3F)o2)CC1. The molecule has 0 aliphatic carbocycles. The van der Waals surface area contributed by atoms with E-state index >= 15 is 0 Å². The number of hydrogen-bond acceptors (Lipinski definition) is 4. The first-order chi connectivity index (χ1) is 10.2. The lowest BCUT2D eigenvalue weighted by Gasteiger charge is -2.30. The fourth-order valence-electron chi connectivity index (χ4n) is 2.28. The number of rotatable bonds is 3. The number of hydrazone groups is 1. The summed E-state index contributed by atoms with van der Waals surface area (Å²) in [7, 11) is 2.11. The Morgan fingerprint density at radius 1 is 1.10 bits per heavy atom. The zero-order valence-corrected chi connectivity index (χ0v) is 12.0. The van der Waals surface area contributed by atoms with Gasteiger partial charge in [-0.15, -0.1) is 0 Å². The Hall–Kier alpha value is -2.14. The highest BCUT2D eigenvalue weighted by atomic mass is 19.1. The molecule has 4 nitrogen and oxygen atoms in total. The van der Waals surface area contributed by atoms with Crippen LogP contribution in [-0.4, -0.2) is 49.4 Å². The fraction of sp³-hybridized carbons (Fsp3) is 0.312. The van der Waals surface area contributed by atoms with Gasteiger partial charge in [-0.2, -0.15) is 5.10 Å². The van der Waals surface area contributed by atoms with E-state index in [0.717, 1.165) is 26.2 Å². The van der Waals surface area contributed by atoms with Gasteiger partial charge in [0.1, 0.15) is 17.3 Å². The molecule has 1 aromatic heterocycles. The van der Waals surface area contributed by atoms with Crippen molar-refractivity contribution < 1.29 is 8.81 Å². The summed E-state index contributed by atoms with van der Waals surface area (Å²) in [5.74, 6) is 0.870. The molecule has 0 bridgehead atoms. The molecule has 0 radical (unpaired) electrons. The van der Waals surface area contributed by atoms with Crippen molar-refractivity contribution in [2.24, 2.45) is 5.10 Å². The molecule has 0 amide bonds. The zero-order chi connectivity index (χ0) is 14.7. The van der Waals surface area contributed by atoms with Crippen LogP contribution in [0.1, 0.15) is 5.76 Å². The third kappa shape index (κ3) is 3.31. The molecule has 2 aromatic rings. The minimum absolute atomic E-state index is 0.283.